The molecular formula is C26H48OSi. The SMILES string of the molecule is CCCCCC=CCCC=CC=CC=CCCCCCO[Si](C)(C)C(C)(C)C. The lowest BCUT2D eigenvalue weighted by Gasteiger charge is -2.36. The van der Waals surface area contributed by atoms with Gasteiger partial charge in [-0.15, -0.1) is 0 Å². The van der Waals surface area contributed by atoms with Gasteiger partial charge in [0, 0.05) is 6.61 Å². The highest BCUT2D eigenvalue weighted by Crippen LogP contribution is 2.36. The van der Waals surface area contributed by atoms with Crippen LogP contribution >= 0.6 is 0 Å². The second-order valence-electron chi connectivity index (χ2n) is 9.24. The average Bonchev–Trinajstić information content (AvgIpc) is 2.62. The molecule has 0 fully saturated rings. The Bertz CT molecular complexity index is 463. The molecule has 0 aliphatic heterocycles. The highest BCUT2D eigenvalue weighted by atomic mass is 28.4. The van der Waals surface area contributed by atoms with Gasteiger partial charge in [-0.25, -0.2) is 0 Å². The number of hydrogen-bond acceptors (Lipinski definition) is 1. The second kappa shape index (κ2) is 17.0. The molecule has 0 rings (SSSR count). The molecule has 0 saturated carbocycles. The topological polar surface area (TPSA) is 9.23 Å². The fraction of sp³-hybridized carbons (Fsp3) is 0.692. The molecule has 0 atom stereocenters. The fourth-order valence-corrected chi connectivity index (χ4v) is 3.59. The van der Waals surface area contributed by atoms with Crippen LogP contribution < -0.4 is 0 Å². The Kier molecular flexibility index (Phi) is 16.5. The summed E-state index contributed by atoms with van der Waals surface area (Å²) in [5.41, 5.74) is 0. The minimum Gasteiger partial charge on any atom is -0.417 e. The molecule has 0 aliphatic rings. The van der Waals surface area contributed by atoms with Crippen LogP contribution in [0.2, 0.25) is 18.1 Å². The van der Waals surface area contributed by atoms with Gasteiger partial charge in [-0.3, -0.25) is 0 Å². The smallest absolute Gasteiger partial charge is 0.191 e. The third-order valence-corrected chi connectivity index (χ3v) is 10.1. The number of unbranched alkanes of at least 4 members (excludes halogenated alkanes) is 7. The van der Waals surface area contributed by atoms with Crippen LogP contribution in [0.25, 0.3) is 0 Å². The fourth-order valence-electron chi connectivity index (χ4n) is 2.50. The van der Waals surface area contributed by atoms with E-state index in [4.69, 9.17) is 4.43 Å². The Morgan fingerprint density at radius 2 is 1.18 bits per heavy atom. The van der Waals surface area contributed by atoms with Crippen molar-refractivity contribution in [1.82, 2.24) is 0 Å². The zero-order valence-corrected chi connectivity index (χ0v) is 20.8. The van der Waals surface area contributed by atoms with Crippen molar-refractivity contribution in [2.45, 2.75) is 110 Å². The quantitative estimate of drug-likeness (QED) is 0.108. The van der Waals surface area contributed by atoms with Gasteiger partial charge >= 0.3 is 0 Å². The van der Waals surface area contributed by atoms with Crippen molar-refractivity contribution < 1.29 is 4.43 Å². The summed E-state index contributed by atoms with van der Waals surface area (Å²) in [4.78, 5) is 0. The van der Waals surface area contributed by atoms with Gasteiger partial charge in [-0.2, -0.15) is 0 Å². The first kappa shape index (κ1) is 27.1. The normalized spacial score (nSPS) is 13.8. The van der Waals surface area contributed by atoms with Crippen molar-refractivity contribution in [2.24, 2.45) is 0 Å². The second-order valence-corrected chi connectivity index (χ2v) is 14.1. The van der Waals surface area contributed by atoms with Crippen LogP contribution in [0.1, 0.15) is 91.9 Å². The number of hydrogen-bond donors (Lipinski definition) is 0. The monoisotopic (exact) mass is 404 g/mol. The molecule has 0 amide bonds. The first-order valence-electron chi connectivity index (χ1n) is 11.6. The summed E-state index contributed by atoms with van der Waals surface area (Å²) in [6, 6.07) is 0. The average molecular weight is 405 g/mol. The molecular weight excluding hydrogens is 356 g/mol. The lowest BCUT2D eigenvalue weighted by atomic mass is 10.2. The van der Waals surface area contributed by atoms with Crippen molar-refractivity contribution in [3.63, 3.8) is 0 Å². The summed E-state index contributed by atoms with van der Waals surface area (Å²) in [7, 11) is -1.55. The van der Waals surface area contributed by atoms with Crippen LogP contribution in [0, 0.1) is 0 Å². The van der Waals surface area contributed by atoms with Gasteiger partial charge in [0.15, 0.2) is 8.32 Å². The standard InChI is InChI=1S/C26H48OSi/c1-7-8-9-10-11-12-13-14-15-16-17-18-19-20-21-22-23-24-25-27-28(5,6)26(2,3)4/h11-12,15-20H,7-10,13-14,21-25H2,1-6H3. The van der Waals surface area contributed by atoms with Gasteiger partial charge in [0.05, 0.1) is 0 Å². The van der Waals surface area contributed by atoms with Crippen LogP contribution in [0.15, 0.2) is 48.6 Å². The van der Waals surface area contributed by atoms with Crippen LogP contribution in [0.4, 0.5) is 0 Å². The van der Waals surface area contributed by atoms with Crippen molar-refractivity contribution in [1.29, 1.82) is 0 Å². The minimum absolute atomic E-state index is 0.321. The number of rotatable bonds is 16. The van der Waals surface area contributed by atoms with Crippen LogP contribution in [0.5, 0.6) is 0 Å². The third-order valence-electron chi connectivity index (χ3n) is 5.53. The molecule has 0 spiro atoms. The van der Waals surface area contributed by atoms with E-state index in [-0.39, 0.29) is 0 Å². The lowest BCUT2D eigenvalue weighted by molar-refractivity contribution is 0.278. The lowest BCUT2D eigenvalue weighted by Crippen LogP contribution is -2.40. The third kappa shape index (κ3) is 16.1. The van der Waals surface area contributed by atoms with E-state index >= 15 is 0 Å². The molecule has 0 aromatic rings. The van der Waals surface area contributed by atoms with E-state index in [0.29, 0.717) is 5.04 Å². The maximum atomic E-state index is 6.22. The predicted molar refractivity (Wildman–Crippen MR) is 132 cm³/mol. The van der Waals surface area contributed by atoms with Crippen molar-refractivity contribution in [2.75, 3.05) is 6.61 Å². The highest BCUT2D eigenvalue weighted by Gasteiger charge is 2.36. The van der Waals surface area contributed by atoms with Gasteiger partial charge in [0.25, 0.3) is 0 Å². The van der Waals surface area contributed by atoms with E-state index < -0.39 is 8.32 Å². The largest absolute Gasteiger partial charge is 0.417 e. The Morgan fingerprint density at radius 3 is 1.82 bits per heavy atom. The Balaban J connectivity index is 3.57. The van der Waals surface area contributed by atoms with Crippen molar-refractivity contribution in [3.05, 3.63) is 48.6 Å². The zero-order chi connectivity index (χ0) is 21.1. The molecule has 0 aromatic heterocycles. The molecule has 0 radical (unpaired) electrons. The zero-order valence-electron chi connectivity index (χ0n) is 19.8. The van der Waals surface area contributed by atoms with E-state index in [1.165, 1.54) is 44.9 Å². The predicted octanol–water partition coefficient (Wildman–Crippen LogP) is 9.15. The van der Waals surface area contributed by atoms with E-state index in [1.54, 1.807) is 0 Å². The molecule has 2 heteroatoms. The first-order chi connectivity index (χ1) is 13.3. The Hall–Kier alpha value is -0.863. The van der Waals surface area contributed by atoms with Crippen molar-refractivity contribution in [3.8, 4) is 0 Å². The van der Waals surface area contributed by atoms with Gasteiger partial charge in [0.1, 0.15) is 0 Å². The highest BCUT2D eigenvalue weighted by molar-refractivity contribution is 6.74. The summed E-state index contributed by atoms with van der Waals surface area (Å²) >= 11 is 0. The first-order valence-corrected chi connectivity index (χ1v) is 14.5. The molecule has 0 unspecified atom stereocenters. The molecule has 0 bridgehead atoms. The summed E-state index contributed by atoms with van der Waals surface area (Å²) in [6.45, 7) is 14.8. The van der Waals surface area contributed by atoms with E-state index in [0.717, 1.165) is 25.9 Å². The van der Waals surface area contributed by atoms with Crippen LogP contribution in [-0.2, 0) is 4.43 Å². The van der Waals surface area contributed by atoms with Gasteiger partial charge in [-0.05, 0) is 63.1 Å². The molecule has 28 heavy (non-hydrogen) atoms. The van der Waals surface area contributed by atoms with E-state index in [2.05, 4.69) is 89.4 Å². The van der Waals surface area contributed by atoms with E-state index in [9.17, 15) is 0 Å². The van der Waals surface area contributed by atoms with Crippen LogP contribution in [-0.4, -0.2) is 14.9 Å². The van der Waals surface area contributed by atoms with Gasteiger partial charge in [-0.1, -0.05) is 95.6 Å². The molecule has 0 saturated heterocycles. The molecule has 0 aliphatic carbocycles. The maximum absolute atomic E-state index is 6.22. The molecule has 1 nitrogen and oxygen atoms in total. The maximum Gasteiger partial charge on any atom is 0.191 e. The van der Waals surface area contributed by atoms with Crippen LogP contribution in [0.3, 0.4) is 0 Å². The molecule has 0 heterocycles. The summed E-state index contributed by atoms with van der Waals surface area (Å²) in [6.07, 6.45) is 30.2. The Morgan fingerprint density at radius 1 is 0.643 bits per heavy atom. The summed E-state index contributed by atoms with van der Waals surface area (Å²) < 4.78 is 6.22. The van der Waals surface area contributed by atoms with Gasteiger partial charge < -0.3 is 4.43 Å². The Labute approximate surface area is 178 Å². The van der Waals surface area contributed by atoms with Crippen molar-refractivity contribution >= 4 is 8.32 Å². The summed E-state index contributed by atoms with van der Waals surface area (Å²) in [5.74, 6) is 0. The minimum atomic E-state index is -1.55. The number of allylic oxidation sites excluding steroid dienone is 8. The van der Waals surface area contributed by atoms with Gasteiger partial charge in [0.2, 0.25) is 0 Å². The molecule has 0 aromatic carbocycles. The molecule has 0 N–H and O–H groups in total. The molecule has 162 valence electrons. The van der Waals surface area contributed by atoms with E-state index in [1.807, 2.05) is 0 Å². The summed E-state index contributed by atoms with van der Waals surface area (Å²) in [5, 5.41) is 0.321.